The highest BCUT2D eigenvalue weighted by Crippen LogP contribution is 2.29. The summed E-state index contributed by atoms with van der Waals surface area (Å²) < 4.78 is 33.0. The molecule has 0 amide bonds. The van der Waals surface area contributed by atoms with Crippen molar-refractivity contribution in [1.29, 1.82) is 0 Å². The lowest BCUT2D eigenvalue weighted by Crippen LogP contribution is -2.45. The lowest BCUT2D eigenvalue weighted by molar-refractivity contribution is 0.269. The SMILES string of the molecule is Cc1oc(CN)cc1S(=O)(=O)NC(C)(C)CC(C)(C)C. The Kier molecular flexibility index (Phi) is 4.73. The molecule has 0 bridgehead atoms. The van der Waals surface area contributed by atoms with Crippen LogP contribution in [0.15, 0.2) is 15.4 Å². The van der Waals surface area contributed by atoms with Crippen molar-refractivity contribution in [2.24, 2.45) is 11.1 Å². The van der Waals surface area contributed by atoms with Crippen molar-refractivity contribution in [3.05, 3.63) is 17.6 Å². The Morgan fingerprint density at radius 1 is 1.25 bits per heavy atom. The van der Waals surface area contributed by atoms with Crippen molar-refractivity contribution in [3.63, 3.8) is 0 Å². The van der Waals surface area contributed by atoms with E-state index in [9.17, 15) is 8.42 Å². The number of hydrogen-bond acceptors (Lipinski definition) is 4. The molecule has 6 heteroatoms. The molecule has 0 aliphatic rings. The molecule has 0 fully saturated rings. The zero-order chi connectivity index (χ0) is 15.8. The summed E-state index contributed by atoms with van der Waals surface area (Å²) >= 11 is 0. The maximum Gasteiger partial charge on any atom is 0.244 e. The van der Waals surface area contributed by atoms with E-state index in [-0.39, 0.29) is 16.9 Å². The van der Waals surface area contributed by atoms with Crippen molar-refractivity contribution in [2.45, 2.75) is 64.9 Å². The van der Waals surface area contributed by atoms with Gasteiger partial charge in [-0.15, -0.1) is 0 Å². The largest absolute Gasteiger partial charge is 0.464 e. The minimum atomic E-state index is -3.61. The highest BCUT2D eigenvalue weighted by Gasteiger charge is 2.32. The van der Waals surface area contributed by atoms with E-state index in [1.807, 2.05) is 13.8 Å². The van der Waals surface area contributed by atoms with Crippen LogP contribution in [0, 0.1) is 12.3 Å². The highest BCUT2D eigenvalue weighted by molar-refractivity contribution is 7.89. The van der Waals surface area contributed by atoms with Gasteiger partial charge in [-0.2, -0.15) is 0 Å². The first-order valence-electron chi connectivity index (χ1n) is 6.70. The summed E-state index contributed by atoms with van der Waals surface area (Å²) in [5.74, 6) is 0.834. The molecule has 5 nitrogen and oxygen atoms in total. The molecule has 1 rings (SSSR count). The van der Waals surface area contributed by atoms with Gasteiger partial charge >= 0.3 is 0 Å². The highest BCUT2D eigenvalue weighted by atomic mass is 32.2. The molecule has 0 spiro atoms. The van der Waals surface area contributed by atoms with Gasteiger partial charge in [-0.05, 0) is 32.6 Å². The number of nitrogens with two attached hydrogens (primary N) is 1. The van der Waals surface area contributed by atoms with E-state index < -0.39 is 15.6 Å². The molecule has 1 aromatic heterocycles. The number of aryl methyl sites for hydroxylation is 1. The van der Waals surface area contributed by atoms with E-state index in [1.54, 1.807) is 6.92 Å². The molecule has 0 aromatic carbocycles. The Hall–Kier alpha value is -0.850. The third-order valence-corrected chi connectivity index (χ3v) is 4.60. The van der Waals surface area contributed by atoms with Crippen LogP contribution in [-0.4, -0.2) is 14.0 Å². The average Bonchev–Trinajstić information content (AvgIpc) is 2.54. The fraction of sp³-hybridized carbons (Fsp3) is 0.714. The Morgan fingerprint density at radius 3 is 2.20 bits per heavy atom. The molecule has 1 aromatic rings. The molecule has 0 radical (unpaired) electrons. The van der Waals surface area contributed by atoms with Gasteiger partial charge in [-0.3, -0.25) is 0 Å². The summed E-state index contributed by atoms with van der Waals surface area (Å²) in [6, 6.07) is 1.49. The number of sulfonamides is 1. The predicted molar refractivity (Wildman–Crippen MR) is 79.8 cm³/mol. The summed E-state index contributed by atoms with van der Waals surface area (Å²) in [7, 11) is -3.61. The quantitative estimate of drug-likeness (QED) is 0.875. The first-order valence-corrected chi connectivity index (χ1v) is 8.18. The second-order valence-corrected chi connectivity index (χ2v) is 8.71. The van der Waals surface area contributed by atoms with Crippen LogP contribution in [0.25, 0.3) is 0 Å². The molecule has 0 unspecified atom stereocenters. The third-order valence-electron chi connectivity index (χ3n) is 2.80. The monoisotopic (exact) mass is 302 g/mol. The van der Waals surface area contributed by atoms with Gasteiger partial charge in [0.25, 0.3) is 0 Å². The molecule has 0 atom stereocenters. The lowest BCUT2D eigenvalue weighted by atomic mass is 9.82. The number of nitrogens with one attached hydrogen (secondary N) is 1. The maximum atomic E-state index is 12.5. The van der Waals surface area contributed by atoms with Crippen molar-refractivity contribution < 1.29 is 12.8 Å². The van der Waals surface area contributed by atoms with Crippen molar-refractivity contribution in [2.75, 3.05) is 0 Å². The molecular formula is C14H26N2O3S. The predicted octanol–water partition coefficient (Wildman–Crippen LogP) is 2.54. The second kappa shape index (κ2) is 5.50. The molecule has 1 heterocycles. The Morgan fingerprint density at radius 2 is 1.80 bits per heavy atom. The van der Waals surface area contributed by atoms with Crippen LogP contribution < -0.4 is 10.5 Å². The van der Waals surface area contributed by atoms with Crippen molar-refractivity contribution >= 4 is 10.0 Å². The molecule has 0 saturated carbocycles. The molecule has 0 saturated heterocycles. The summed E-state index contributed by atoms with van der Waals surface area (Å²) in [5, 5.41) is 0. The van der Waals surface area contributed by atoms with Crippen LogP contribution in [0.5, 0.6) is 0 Å². The number of furan rings is 1. The smallest absolute Gasteiger partial charge is 0.244 e. The van der Waals surface area contributed by atoms with Gasteiger partial charge in [-0.1, -0.05) is 20.8 Å². The van der Waals surface area contributed by atoms with E-state index in [1.165, 1.54) is 6.07 Å². The average molecular weight is 302 g/mol. The second-order valence-electron chi connectivity index (χ2n) is 7.06. The van der Waals surface area contributed by atoms with E-state index in [0.29, 0.717) is 11.5 Å². The fourth-order valence-corrected chi connectivity index (χ4v) is 4.29. The van der Waals surface area contributed by atoms with Crippen LogP contribution in [-0.2, 0) is 16.6 Å². The fourth-order valence-electron chi connectivity index (χ4n) is 2.67. The summed E-state index contributed by atoms with van der Waals surface area (Å²) in [6.07, 6.45) is 0.722. The van der Waals surface area contributed by atoms with Crippen LogP contribution in [0.1, 0.15) is 52.6 Å². The van der Waals surface area contributed by atoms with E-state index in [4.69, 9.17) is 10.2 Å². The minimum absolute atomic E-state index is 0.0277. The molecule has 0 aliphatic carbocycles. The van der Waals surface area contributed by atoms with Crippen LogP contribution in [0.2, 0.25) is 0 Å². The Balaban J connectivity index is 3.03. The standard InChI is InChI=1S/C14H26N2O3S/c1-10-12(7-11(8-15)19-10)20(17,18)16-14(5,6)9-13(2,3)4/h7,16H,8-9,15H2,1-6H3. The lowest BCUT2D eigenvalue weighted by Gasteiger charge is -2.32. The zero-order valence-corrected chi connectivity index (χ0v) is 14.0. The molecule has 3 N–H and O–H groups in total. The molecule has 20 heavy (non-hydrogen) atoms. The first-order chi connectivity index (χ1) is 8.86. The van der Waals surface area contributed by atoms with E-state index in [0.717, 1.165) is 6.42 Å². The Bertz CT molecular complexity index is 566. The van der Waals surface area contributed by atoms with Gasteiger partial charge < -0.3 is 10.2 Å². The van der Waals surface area contributed by atoms with Gasteiger partial charge in [0.05, 0.1) is 6.54 Å². The normalized spacial score (nSPS) is 13.8. The number of hydrogen-bond donors (Lipinski definition) is 2. The van der Waals surface area contributed by atoms with Gasteiger partial charge in [-0.25, -0.2) is 13.1 Å². The molecular weight excluding hydrogens is 276 g/mol. The topological polar surface area (TPSA) is 85.3 Å². The third kappa shape index (κ3) is 4.61. The van der Waals surface area contributed by atoms with Crippen LogP contribution >= 0.6 is 0 Å². The minimum Gasteiger partial charge on any atom is -0.464 e. The zero-order valence-electron chi connectivity index (χ0n) is 13.2. The summed E-state index contributed by atoms with van der Waals surface area (Å²) in [6.45, 7) is 11.8. The van der Waals surface area contributed by atoms with Crippen molar-refractivity contribution in [3.8, 4) is 0 Å². The molecule has 116 valence electrons. The van der Waals surface area contributed by atoms with Crippen LogP contribution in [0.3, 0.4) is 0 Å². The van der Waals surface area contributed by atoms with E-state index in [2.05, 4.69) is 25.5 Å². The number of rotatable bonds is 5. The van der Waals surface area contributed by atoms with Crippen LogP contribution in [0.4, 0.5) is 0 Å². The van der Waals surface area contributed by atoms with Gasteiger partial charge in [0.15, 0.2) is 0 Å². The maximum absolute atomic E-state index is 12.5. The van der Waals surface area contributed by atoms with Crippen molar-refractivity contribution in [1.82, 2.24) is 4.72 Å². The summed E-state index contributed by atoms with van der Waals surface area (Å²) in [5.41, 5.74) is 4.97. The first kappa shape index (κ1) is 17.2. The Labute approximate surface area is 122 Å². The summed E-state index contributed by atoms with van der Waals surface area (Å²) in [4.78, 5) is 0.167. The van der Waals surface area contributed by atoms with Gasteiger partial charge in [0, 0.05) is 11.6 Å². The van der Waals surface area contributed by atoms with Gasteiger partial charge in [0.1, 0.15) is 16.4 Å². The van der Waals surface area contributed by atoms with Gasteiger partial charge in [0.2, 0.25) is 10.0 Å². The van der Waals surface area contributed by atoms with E-state index >= 15 is 0 Å². The molecule has 0 aliphatic heterocycles.